The van der Waals surface area contributed by atoms with Gasteiger partial charge in [0, 0.05) is 45.2 Å². The summed E-state index contributed by atoms with van der Waals surface area (Å²) in [6.45, 7) is 1.07. The Morgan fingerprint density at radius 1 is 1.53 bits per heavy atom. The lowest BCUT2D eigenvalue weighted by Gasteiger charge is -2.15. The van der Waals surface area contributed by atoms with E-state index in [1.807, 2.05) is 4.57 Å². The van der Waals surface area contributed by atoms with E-state index in [2.05, 4.69) is 0 Å². The molecule has 2 N–H and O–H groups in total. The van der Waals surface area contributed by atoms with Crippen LogP contribution in [0, 0.1) is 0 Å². The summed E-state index contributed by atoms with van der Waals surface area (Å²) in [5.41, 5.74) is 6.56. The first-order valence-corrected chi connectivity index (χ1v) is 7.80. The van der Waals surface area contributed by atoms with Gasteiger partial charge in [0.1, 0.15) is 4.90 Å². The maximum atomic E-state index is 12.4. The first kappa shape index (κ1) is 14.5. The van der Waals surface area contributed by atoms with Crippen LogP contribution in [0.25, 0.3) is 0 Å². The van der Waals surface area contributed by atoms with Crippen molar-refractivity contribution < 1.29 is 13.2 Å². The number of aromatic nitrogens is 1. The minimum absolute atomic E-state index is 0.318. The van der Waals surface area contributed by atoms with Gasteiger partial charge in [0.15, 0.2) is 0 Å². The lowest BCUT2D eigenvalue weighted by atomic mass is 10.4. The van der Waals surface area contributed by atoms with Crippen molar-refractivity contribution in [3.8, 4) is 0 Å². The van der Waals surface area contributed by atoms with Gasteiger partial charge in [-0.1, -0.05) is 0 Å². The van der Waals surface area contributed by atoms with E-state index in [1.165, 1.54) is 4.31 Å². The molecule has 108 valence electrons. The summed E-state index contributed by atoms with van der Waals surface area (Å²) in [5, 5.41) is 0. The molecule has 0 unspecified atom stereocenters. The highest BCUT2D eigenvalue weighted by atomic mass is 32.2. The van der Waals surface area contributed by atoms with Crippen LogP contribution in [0.5, 0.6) is 0 Å². The zero-order valence-electron chi connectivity index (χ0n) is 11.4. The molecule has 0 bridgehead atoms. The van der Waals surface area contributed by atoms with Gasteiger partial charge in [0.05, 0.1) is 6.61 Å². The third kappa shape index (κ3) is 3.00. The minimum Gasteiger partial charge on any atom is -0.383 e. The van der Waals surface area contributed by atoms with Gasteiger partial charge < -0.3 is 15.0 Å². The van der Waals surface area contributed by atoms with E-state index in [-0.39, 0.29) is 0 Å². The molecule has 19 heavy (non-hydrogen) atoms. The molecule has 0 aliphatic heterocycles. The summed E-state index contributed by atoms with van der Waals surface area (Å²) in [5.74, 6) is 0. The third-order valence-electron chi connectivity index (χ3n) is 3.37. The molecule has 0 amide bonds. The summed E-state index contributed by atoms with van der Waals surface area (Å²) >= 11 is 0. The normalized spacial score (nSPS) is 16.2. The first-order chi connectivity index (χ1) is 9.00. The number of likely N-dealkylation sites (N-methyl/N-ethyl adjacent to an activating group) is 1. The Bertz CT molecular complexity index is 534. The lowest BCUT2D eigenvalue weighted by Crippen LogP contribution is -2.29. The molecule has 6 nitrogen and oxygen atoms in total. The van der Waals surface area contributed by atoms with Crippen molar-refractivity contribution in [2.75, 3.05) is 27.3 Å². The second kappa shape index (κ2) is 5.62. The molecule has 0 atom stereocenters. The smallest absolute Gasteiger partial charge is 0.244 e. The highest BCUT2D eigenvalue weighted by Crippen LogP contribution is 2.37. The van der Waals surface area contributed by atoms with Crippen LogP contribution >= 0.6 is 0 Å². The molecule has 0 radical (unpaired) electrons. The molecule has 1 fully saturated rings. The summed E-state index contributed by atoms with van der Waals surface area (Å²) in [6, 6.07) is 2.10. The lowest BCUT2D eigenvalue weighted by molar-refractivity contribution is 0.185. The summed E-state index contributed by atoms with van der Waals surface area (Å²) in [4.78, 5) is 0.318. The number of ether oxygens (including phenoxy) is 1. The van der Waals surface area contributed by atoms with Gasteiger partial charge in [0.2, 0.25) is 10.0 Å². The van der Waals surface area contributed by atoms with Crippen molar-refractivity contribution in [3.63, 3.8) is 0 Å². The third-order valence-corrected chi connectivity index (χ3v) is 5.20. The Morgan fingerprint density at radius 3 is 2.74 bits per heavy atom. The summed E-state index contributed by atoms with van der Waals surface area (Å²) in [7, 11) is -0.339. The van der Waals surface area contributed by atoms with E-state index in [4.69, 9.17) is 10.5 Å². The Morgan fingerprint density at radius 2 is 2.21 bits per heavy atom. The Balaban J connectivity index is 2.24. The van der Waals surface area contributed by atoms with Crippen molar-refractivity contribution in [2.24, 2.45) is 5.73 Å². The van der Waals surface area contributed by atoms with Crippen molar-refractivity contribution in [1.29, 1.82) is 0 Å². The van der Waals surface area contributed by atoms with Crippen LogP contribution in [0.4, 0.5) is 0 Å². The Labute approximate surface area is 114 Å². The fourth-order valence-corrected chi connectivity index (χ4v) is 3.22. The fraction of sp³-hybridized carbons (Fsp3) is 0.667. The predicted octanol–water partition coefficient (Wildman–Crippen LogP) is 0.549. The van der Waals surface area contributed by atoms with Crippen LogP contribution in [-0.2, 0) is 21.3 Å². The Kier molecular flexibility index (Phi) is 4.29. The quantitative estimate of drug-likeness (QED) is 0.794. The first-order valence-electron chi connectivity index (χ1n) is 6.36. The zero-order chi connectivity index (χ0) is 14.0. The number of hydrogen-bond donors (Lipinski definition) is 1. The molecule has 1 aliphatic carbocycles. The number of rotatable bonds is 7. The van der Waals surface area contributed by atoms with Gasteiger partial charge in [-0.05, 0) is 18.9 Å². The van der Waals surface area contributed by atoms with Gasteiger partial charge in [-0.25, -0.2) is 8.42 Å². The molecule has 0 saturated heterocycles. The van der Waals surface area contributed by atoms with E-state index in [1.54, 1.807) is 26.4 Å². The minimum atomic E-state index is -3.45. The maximum Gasteiger partial charge on any atom is 0.244 e. The van der Waals surface area contributed by atoms with Gasteiger partial charge in [0.25, 0.3) is 0 Å². The van der Waals surface area contributed by atoms with E-state index < -0.39 is 10.0 Å². The van der Waals surface area contributed by atoms with Crippen LogP contribution in [-0.4, -0.2) is 44.6 Å². The molecule has 0 spiro atoms. The molecular formula is C12H21N3O3S. The second-order valence-corrected chi connectivity index (χ2v) is 6.87. The molecule has 1 saturated carbocycles. The van der Waals surface area contributed by atoms with E-state index >= 15 is 0 Å². The molecule has 1 aromatic heterocycles. The van der Waals surface area contributed by atoms with Gasteiger partial charge in [-0.2, -0.15) is 4.31 Å². The molecular weight excluding hydrogens is 266 g/mol. The average Bonchev–Trinajstić information content (AvgIpc) is 3.14. The number of hydrogen-bond acceptors (Lipinski definition) is 4. The highest BCUT2D eigenvalue weighted by Gasteiger charge is 2.29. The van der Waals surface area contributed by atoms with E-state index in [0.717, 1.165) is 18.5 Å². The van der Waals surface area contributed by atoms with Crippen molar-refractivity contribution >= 4 is 10.0 Å². The summed E-state index contributed by atoms with van der Waals surface area (Å²) in [6.07, 6.45) is 3.90. The van der Waals surface area contributed by atoms with Gasteiger partial charge in [-0.3, -0.25) is 0 Å². The van der Waals surface area contributed by atoms with E-state index in [0.29, 0.717) is 30.6 Å². The average molecular weight is 287 g/mol. The summed E-state index contributed by atoms with van der Waals surface area (Å²) < 4.78 is 33.0. The van der Waals surface area contributed by atoms with Gasteiger partial charge >= 0.3 is 0 Å². The largest absolute Gasteiger partial charge is 0.383 e. The monoisotopic (exact) mass is 287 g/mol. The van der Waals surface area contributed by atoms with E-state index in [9.17, 15) is 8.42 Å². The highest BCUT2D eigenvalue weighted by molar-refractivity contribution is 7.89. The van der Waals surface area contributed by atoms with Crippen LogP contribution in [0.2, 0.25) is 0 Å². The maximum absolute atomic E-state index is 12.4. The molecule has 7 heteroatoms. The molecule has 2 rings (SSSR count). The van der Waals surface area contributed by atoms with Crippen molar-refractivity contribution in [1.82, 2.24) is 8.87 Å². The molecule has 1 aliphatic rings. The van der Waals surface area contributed by atoms with Crippen LogP contribution < -0.4 is 5.73 Å². The predicted molar refractivity (Wildman–Crippen MR) is 72.3 cm³/mol. The topological polar surface area (TPSA) is 77.6 Å². The van der Waals surface area contributed by atoms with Crippen LogP contribution in [0.15, 0.2) is 17.2 Å². The SMILES string of the molecule is COCCN(C)S(=O)(=O)c1cc(CN)n(C2CC2)c1. The molecule has 1 aromatic rings. The fourth-order valence-electron chi connectivity index (χ4n) is 2.01. The zero-order valence-corrected chi connectivity index (χ0v) is 12.2. The van der Waals surface area contributed by atoms with Crippen LogP contribution in [0.3, 0.4) is 0 Å². The number of nitrogens with zero attached hydrogens (tertiary/aromatic N) is 2. The number of methoxy groups -OCH3 is 1. The van der Waals surface area contributed by atoms with Crippen molar-refractivity contribution in [3.05, 3.63) is 18.0 Å². The molecule has 1 heterocycles. The standard InChI is InChI=1S/C12H21N3O3S/c1-14(5-6-18-2)19(16,17)12-7-11(8-13)15(9-12)10-3-4-10/h7,9-10H,3-6,8,13H2,1-2H3. The Hall–Kier alpha value is -0.890. The van der Waals surface area contributed by atoms with Gasteiger partial charge in [-0.15, -0.1) is 0 Å². The number of nitrogens with two attached hydrogens (primary N) is 1. The number of sulfonamides is 1. The molecule has 0 aromatic carbocycles. The second-order valence-electron chi connectivity index (χ2n) is 4.83. The van der Waals surface area contributed by atoms with Crippen LogP contribution in [0.1, 0.15) is 24.6 Å². The van der Waals surface area contributed by atoms with Crippen molar-refractivity contribution in [2.45, 2.75) is 30.3 Å².